The average Bonchev–Trinajstić information content (AvgIpc) is 3.30. The summed E-state index contributed by atoms with van der Waals surface area (Å²) in [6.07, 6.45) is 0. The number of thiazole rings is 1. The lowest BCUT2D eigenvalue weighted by Gasteiger charge is -2.33. The monoisotopic (exact) mass is 381 g/mol. The first-order valence-electron chi connectivity index (χ1n) is 8.55. The predicted octanol–water partition coefficient (Wildman–Crippen LogP) is -1.27. The molecule has 1 fully saturated rings. The number of hydrogen-bond donors (Lipinski definition) is 4. The first-order chi connectivity index (χ1) is 12.2. The summed E-state index contributed by atoms with van der Waals surface area (Å²) in [6, 6.07) is 4.33. The molecule has 0 aliphatic carbocycles. The predicted molar refractivity (Wildman–Crippen MR) is 96.8 cm³/mol. The molecule has 0 radical (unpaired) electrons. The molecule has 1 saturated heterocycles. The van der Waals surface area contributed by atoms with Gasteiger partial charge in [-0.3, -0.25) is 0 Å². The molecule has 1 aliphatic heterocycles. The lowest BCUT2D eigenvalue weighted by atomic mass is 10.1. The van der Waals surface area contributed by atoms with Gasteiger partial charge in [0.25, 0.3) is 0 Å². The number of hydrogen-bond acceptors (Lipinski definition) is 6. The number of aromatic nitrogens is 3. The van der Waals surface area contributed by atoms with Crippen LogP contribution in [-0.4, -0.2) is 64.1 Å². The molecular formula is C16H23N5O2S2+2. The number of quaternary nitrogens is 2. The van der Waals surface area contributed by atoms with Crippen molar-refractivity contribution in [2.24, 2.45) is 0 Å². The van der Waals surface area contributed by atoms with Crippen LogP contribution in [0.4, 0.5) is 0 Å². The van der Waals surface area contributed by atoms with Gasteiger partial charge in [-0.15, -0.1) is 16.4 Å². The van der Waals surface area contributed by atoms with Gasteiger partial charge >= 0.3 is 0 Å². The molecule has 1 aliphatic rings. The molecule has 3 aromatic rings. The third kappa shape index (κ3) is 3.18. The highest BCUT2D eigenvalue weighted by Crippen LogP contribution is 2.36. The molecule has 4 N–H and O–H groups in total. The Morgan fingerprint density at radius 3 is 2.76 bits per heavy atom. The van der Waals surface area contributed by atoms with Crippen molar-refractivity contribution in [1.29, 1.82) is 0 Å². The highest BCUT2D eigenvalue weighted by atomic mass is 32.1. The van der Waals surface area contributed by atoms with Crippen LogP contribution in [-0.2, 0) is 0 Å². The molecule has 3 aromatic heterocycles. The van der Waals surface area contributed by atoms with Crippen molar-refractivity contribution in [3.05, 3.63) is 33.1 Å². The maximum absolute atomic E-state index is 10.8. The van der Waals surface area contributed by atoms with E-state index in [4.69, 9.17) is 5.11 Å². The molecule has 0 aromatic carbocycles. The van der Waals surface area contributed by atoms with Gasteiger partial charge in [-0.05, 0) is 18.4 Å². The smallest absolute Gasteiger partial charge is 0.235 e. The largest absolute Gasteiger partial charge is 0.492 e. The number of aromatic hydroxyl groups is 1. The van der Waals surface area contributed by atoms with Crippen LogP contribution in [0, 0.1) is 6.92 Å². The van der Waals surface area contributed by atoms with E-state index in [9.17, 15) is 5.11 Å². The highest BCUT2D eigenvalue weighted by molar-refractivity contribution is 7.17. The zero-order chi connectivity index (χ0) is 17.4. The average molecular weight is 382 g/mol. The van der Waals surface area contributed by atoms with Gasteiger partial charge < -0.3 is 20.0 Å². The minimum Gasteiger partial charge on any atom is -0.492 e. The fourth-order valence-electron chi connectivity index (χ4n) is 3.63. The van der Waals surface area contributed by atoms with Gasteiger partial charge in [-0.2, -0.15) is 4.52 Å². The molecule has 4 rings (SSSR count). The lowest BCUT2D eigenvalue weighted by Crippen LogP contribution is -3.28. The fraction of sp³-hybridized carbons (Fsp3) is 0.500. The number of nitrogens with zero attached hydrogens (tertiary/aromatic N) is 3. The Bertz CT molecular complexity index is 836. The normalized spacial score (nSPS) is 22.5. The van der Waals surface area contributed by atoms with E-state index in [0.717, 1.165) is 42.6 Å². The summed E-state index contributed by atoms with van der Waals surface area (Å²) in [5.41, 5.74) is 0. The van der Waals surface area contributed by atoms with Gasteiger partial charge in [0.05, 0.1) is 11.5 Å². The maximum atomic E-state index is 10.8. The number of nitrogens with one attached hydrogen (secondary N) is 2. The van der Waals surface area contributed by atoms with Crippen LogP contribution in [0.3, 0.4) is 0 Å². The van der Waals surface area contributed by atoms with Crippen LogP contribution >= 0.6 is 22.7 Å². The van der Waals surface area contributed by atoms with Gasteiger partial charge in [0.15, 0.2) is 6.04 Å². The van der Waals surface area contributed by atoms with Crippen LogP contribution in [0.1, 0.15) is 21.6 Å². The summed E-state index contributed by atoms with van der Waals surface area (Å²) in [4.78, 5) is 10.3. The Balaban J connectivity index is 1.67. The first kappa shape index (κ1) is 16.9. The summed E-state index contributed by atoms with van der Waals surface area (Å²) >= 11 is 3.27. The Morgan fingerprint density at radius 1 is 1.32 bits per heavy atom. The van der Waals surface area contributed by atoms with Gasteiger partial charge in [-0.1, -0.05) is 17.4 Å². The van der Waals surface area contributed by atoms with Crippen LogP contribution in [0.15, 0.2) is 17.5 Å². The topological polar surface area (TPSA) is 79.5 Å². The summed E-state index contributed by atoms with van der Waals surface area (Å²) in [5.74, 6) is 0.894. The second-order valence-corrected chi connectivity index (χ2v) is 8.46. The summed E-state index contributed by atoms with van der Waals surface area (Å²) < 4.78 is 1.56. The second-order valence-electron chi connectivity index (χ2n) is 6.47. The van der Waals surface area contributed by atoms with Crippen LogP contribution in [0.25, 0.3) is 4.96 Å². The molecule has 0 saturated carbocycles. The molecule has 25 heavy (non-hydrogen) atoms. The van der Waals surface area contributed by atoms with Crippen LogP contribution in [0.2, 0.25) is 0 Å². The minimum absolute atomic E-state index is 0.115. The number of fused-ring (bicyclic) bond motifs is 1. The Labute approximate surface area is 153 Å². The third-order valence-corrected chi connectivity index (χ3v) is 6.89. The third-order valence-electron chi connectivity index (χ3n) is 4.87. The van der Waals surface area contributed by atoms with E-state index >= 15 is 0 Å². The van der Waals surface area contributed by atoms with Crippen molar-refractivity contribution in [3.63, 3.8) is 0 Å². The molecule has 1 atom stereocenters. The van der Waals surface area contributed by atoms with E-state index < -0.39 is 0 Å². The molecule has 7 nitrogen and oxygen atoms in total. The molecule has 9 heteroatoms. The molecule has 4 heterocycles. The molecule has 134 valence electrons. The van der Waals surface area contributed by atoms with Crippen molar-refractivity contribution in [2.45, 2.75) is 13.0 Å². The first-order valence-corrected chi connectivity index (χ1v) is 10.2. The maximum Gasteiger partial charge on any atom is 0.235 e. The van der Waals surface area contributed by atoms with Crippen LogP contribution in [0.5, 0.6) is 5.88 Å². The Morgan fingerprint density at radius 2 is 2.12 bits per heavy atom. The zero-order valence-corrected chi connectivity index (χ0v) is 15.7. The number of aliphatic hydroxyl groups is 1. The summed E-state index contributed by atoms with van der Waals surface area (Å²) in [6.45, 7) is 7.01. The van der Waals surface area contributed by atoms with Gasteiger partial charge in [0.1, 0.15) is 43.4 Å². The molecular weight excluding hydrogens is 358 g/mol. The van der Waals surface area contributed by atoms with E-state index in [1.165, 1.54) is 26.0 Å². The number of thiophene rings is 1. The van der Waals surface area contributed by atoms with E-state index in [1.807, 2.05) is 6.92 Å². The Hall–Kier alpha value is -1.52. The van der Waals surface area contributed by atoms with Crippen molar-refractivity contribution in [1.82, 2.24) is 14.6 Å². The van der Waals surface area contributed by atoms with E-state index in [-0.39, 0.29) is 18.5 Å². The SMILES string of the molecule is Cc1nc2sc([C@H](c3cccs3)[NH+]3CC[NH+](CCO)CC3)c(O)n2n1. The van der Waals surface area contributed by atoms with E-state index in [1.54, 1.807) is 15.9 Å². The fourth-order valence-corrected chi connectivity index (χ4v) is 5.77. The summed E-state index contributed by atoms with van der Waals surface area (Å²) in [5, 5.41) is 26.3. The van der Waals surface area contributed by atoms with Gasteiger partial charge in [0, 0.05) is 0 Å². The minimum atomic E-state index is 0.115. The van der Waals surface area contributed by atoms with Crippen LogP contribution < -0.4 is 9.80 Å². The molecule has 0 bridgehead atoms. The van der Waals surface area contributed by atoms with Crippen molar-refractivity contribution < 1.29 is 20.0 Å². The lowest BCUT2D eigenvalue weighted by molar-refractivity contribution is -1.02. The summed E-state index contributed by atoms with van der Waals surface area (Å²) in [7, 11) is 0. The number of piperazine rings is 1. The zero-order valence-electron chi connectivity index (χ0n) is 14.1. The quantitative estimate of drug-likeness (QED) is 0.445. The van der Waals surface area contributed by atoms with E-state index in [2.05, 4.69) is 27.6 Å². The number of aryl methyl sites for hydroxylation is 1. The van der Waals surface area contributed by atoms with Crippen molar-refractivity contribution in [2.75, 3.05) is 39.3 Å². The van der Waals surface area contributed by atoms with Crippen molar-refractivity contribution in [3.8, 4) is 5.88 Å². The highest BCUT2D eigenvalue weighted by Gasteiger charge is 2.36. The second kappa shape index (κ2) is 7.00. The van der Waals surface area contributed by atoms with Gasteiger partial charge in [-0.25, -0.2) is 4.98 Å². The molecule has 0 unspecified atom stereocenters. The Kier molecular flexibility index (Phi) is 4.74. The number of rotatable bonds is 5. The molecule has 0 spiro atoms. The standard InChI is InChI=1S/C16H21N5O2S2/c1-11-17-16-21(18-11)15(23)14(25-16)13(12-3-2-10-24-12)20-6-4-19(5-7-20)8-9-22/h2-3,10,13,22-23H,4-9H2,1H3/p+2/t13-/m0/s1. The van der Waals surface area contributed by atoms with Gasteiger partial charge in [0.2, 0.25) is 10.8 Å². The van der Waals surface area contributed by atoms with E-state index in [0.29, 0.717) is 5.82 Å². The molecule has 0 amide bonds. The number of aliphatic hydroxyl groups excluding tert-OH is 1. The van der Waals surface area contributed by atoms with Crippen molar-refractivity contribution >= 4 is 27.6 Å².